The Hall–Kier alpha value is -2.67. The second kappa shape index (κ2) is 7.92. The molecule has 2 aromatic heterocycles. The van der Waals surface area contributed by atoms with Gasteiger partial charge in [0.15, 0.2) is 5.76 Å². The van der Waals surface area contributed by atoms with Gasteiger partial charge in [-0.3, -0.25) is 4.79 Å². The Morgan fingerprint density at radius 3 is 2.78 bits per heavy atom. The van der Waals surface area contributed by atoms with Crippen molar-refractivity contribution in [1.82, 2.24) is 14.3 Å². The number of anilines is 1. The molecule has 1 fully saturated rings. The first-order valence-electron chi connectivity index (χ1n) is 9.15. The predicted octanol–water partition coefficient (Wildman–Crippen LogP) is 3.38. The Kier molecular flexibility index (Phi) is 5.20. The fraction of sp³-hybridized carbons (Fsp3) is 0.350. The summed E-state index contributed by atoms with van der Waals surface area (Å²) in [5, 5.41) is 0.935. The number of carbonyl (C=O) groups excluding carboxylic acids is 1. The van der Waals surface area contributed by atoms with Gasteiger partial charge >= 0.3 is 0 Å². The van der Waals surface area contributed by atoms with Crippen LogP contribution in [0.1, 0.15) is 33.9 Å². The van der Waals surface area contributed by atoms with Gasteiger partial charge in [0.25, 0.3) is 5.91 Å². The molecule has 0 saturated carbocycles. The van der Waals surface area contributed by atoms with Crippen LogP contribution in [0.5, 0.6) is 0 Å². The fourth-order valence-corrected chi connectivity index (χ4v) is 3.94. The van der Waals surface area contributed by atoms with Gasteiger partial charge in [-0.1, -0.05) is 29.8 Å². The molecule has 0 aliphatic carbocycles. The lowest BCUT2D eigenvalue weighted by molar-refractivity contribution is 0.0735. The third-order valence-electron chi connectivity index (χ3n) is 4.73. The fourth-order valence-electron chi connectivity index (χ4n) is 3.20. The SMILES string of the molecule is Cc1ccc(Cc2nsc(N3CCCN(C(=O)c4ccco4)CC3)n2)cc1. The second-order valence-electron chi connectivity index (χ2n) is 6.77. The molecule has 7 heteroatoms. The van der Waals surface area contributed by atoms with Gasteiger partial charge in [0.1, 0.15) is 5.82 Å². The van der Waals surface area contributed by atoms with Crippen molar-refractivity contribution in [3.05, 3.63) is 65.4 Å². The lowest BCUT2D eigenvalue weighted by atomic mass is 10.1. The van der Waals surface area contributed by atoms with Crippen molar-refractivity contribution in [1.29, 1.82) is 0 Å². The molecular weight excluding hydrogens is 360 g/mol. The molecule has 1 aliphatic rings. The van der Waals surface area contributed by atoms with Crippen molar-refractivity contribution in [3.8, 4) is 0 Å². The Labute approximate surface area is 162 Å². The number of rotatable bonds is 4. The van der Waals surface area contributed by atoms with E-state index in [0.29, 0.717) is 12.3 Å². The van der Waals surface area contributed by atoms with Crippen LogP contribution in [0.4, 0.5) is 5.13 Å². The summed E-state index contributed by atoms with van der Waals surface area (Å²) in [6, 6.07) is 11.9. The van der Waals surface area contributed by atoms with Crippen molar-refractivity contribution in [2.75, 3.05) is 31.1 Å². The summed E-state index contributed by atoms with van der Waals surface area (Å²) in [6.45, 7) is 5.10. The van der Waals surface area contributed by atoms with E-state index in [-0.39, 0.29) is 5.91 Å². The largest absolute Gasteiger partial charge is 0.459 e. The molecule has 0 atom stereocenters. The van der Waals surface area contributed by atoms with Gasteiger partial charge in [-0.05, 0) is 31.0 Å². The predicted molar refractivity (Wildman–Crippen MR) is 105 cm³/mol. The summed E-state index contributed by atoms with van der Waals surface area (Å²) in [6.07, 6.45) is 3.18. The Morgan fingerprint density at radius 2 is 2.00 bits per heavy atom. The number of hydrogen-bond donors (Lipinski definition) is 0. The van der Waals surface area contributed by atoms with E-state index in [1.165, 1.54) is 28.9 Å². The van der Waals surface area contributed by atoms with Crippen molar-refractivity contribution in [3.63, 3.8) is 0 Å². The van der Waals surface area contributed by atoms with Gasteiger partial charge in [0.2, 0.25) is 5.13 Å². The quantitative estimate of drug-likeness (QED) is 0.692. The number of benzene rings is 1. The highest BCUT2D eigenvalue weighted by Crippen LogP contribution is 2.21. The van der Waals surface area contributed by atoms with Crippen LogP contribution in [0.2, 0.25) is 0 Å². The summed E-state index contributed by atoms with van der Waals surface area (Å²) in [5.74, 6) is 1.21. The minimum Gasteiger partial charge on any atom is -0.459 e. The monoisotopic (exact) mass is 382 g/mol. The third kappa shape index (κ3) is 4.19. The molecule has 140 valence electrons. The van der Waals surface area contributed by atoms with Gasteiger partial charge in [0, 0.05) is 44.1 Å². The number of aromatic nitrogens is 2. The van der Waals surface area contributed by atoms with E-state index in [1.807, 2.05) is 4.90 Å². The van der Waals surface area contributed by atoms with E-state index in [2.05, 4.69) is 40.5 Å². The maximum absolute atomic E-state index is 12.5. The Bertz CT molecular complexity index is 889. The van der Waals surface area contributed by atoms with Gasteiger partial charge in [-0.2, -0.15) is 4.37 Å². The minimum absolute atomic E-state index is 0.0424. The van der Waals surface area contributed by atoms with E-state index in [1.54, 1.807) is 12.1 Å². The van der Waals surface area contributed by atoms with Crippen LogP contribution in [0, 0.1) is 6.92 Å². The molecule has 0 bridgehead atoms. The molecule has 0 unspecified atom stereocenters. The third-order valence-corrected chi connectivity index (χ3v) is 5.54. The van der Waals surface area contributed by atoms with Gasteiger partial charge in [-0.15, -0.1) is 0 Å². The number of amides is 1. The van der Waals surface area contributed by atoms with Crippen LogP contribution in [0.25, 0.3) is 0 Å². The maximum atomic E-state index is 12.5. The zero-order valence-corrected chi connectivity index (χ0v) is 16.1. The van der Waals surface area contributed by atoms with E-state index in [4.69, 9.17) is 9.40 Å². The summed E-state index contributed by atoms with van der Waals surface area (Å²) >= 11 is 1.44. The summed E-state index contributed by atoms with van der Waals surface area (Å²) < 4.78 is 9.77. The Morgan fingerprint density at radius 1 is 1.15 bits per heavy atom. The number of hydrogen-bond acceptors (Lipinski definition) is 6. The molecule has 1 saturated heterocycles. The molecule has 4 rings (SSSR count). The van der Waals surface area contributed by atoms with Crippen LogP contribution >= 0.6 is 11.5 Å². The van der Waals surface area contributed by atoms with Crippen LogP contribution < -0.4 is 4.90 Å². The highest BCUT2D eigenvalue weighted by Gasteiger charge is 2.23. The minimum atomic E-state index is -0.0424. The van der Waals surface area contributed by atoms with Crippen LogP contribution in [-0.4, -0.2) is 46.3 Å². The summed E-state index contributed by atoms with van der Waals surface area (Å²) in [4.78, 5) is 21.3. The van der Waals surface area contributed by atoms with Gasteiger partial charge < -0.3 is 14.2 Å². The second-order valence-corrected chi connectivity index (χ2v) is 7.50. The normalized spacial score (nSPS) is 15.0. The zero-order chi connectivity index (χ0) is 18.6. The van der Waals surface area contributed by atoms with Gasteiger partial charge in [-0.25, -0.2) is 4.98 Å². The molecule has 3 heterocycles. The molecule has 0 spiro atoms. The smallest absolute Gasteiger partial charge is 0.289 e. The van der Waals surface area contributed by atoms with Gasteiger partial charge in [0.05, 0.1) is 6.26 Å². The molecule has 0 radical (unpaired) electrons. The van der Waals surface area contributed by atoms with Crippen molar-refractivity contribution in [2.24, 2.45) is 0 Å². The molecule has 0 N–H and O–H groups in total. The highest BCUT2D eigenvalue weighted by atomic mass is 32.1. The van der Waals surface area contributed by atoms with E-state index >= 15 is 0 Å². The van der Waals surface area contributed by atoms with Crippen LogP contribution in [0.3, 0.4) is 0 Å². The summed E-state index contributed by atoms with van der Waals surface area (Å²) in [7, 11) is 0. The number of furan rings is 1. The first-order chi connectivity index (χ1) is 13.2. The lowest BCUT2D eigenvalue weighted by Gasteiger charge is -2.20. The van der Waals surface area contributed by atoms with E-state index in [0.717, 1.165) is 43.4 Å². The van der Waals surface area contributed by atoms with Crippen molar-refractivity contribution < 1.29 is 9.21 Å². The number of aryl methyl sites for hydroxylation is 1. The first-order valence-corrected chi connectivity index (χ1v) is 9.92. The summed E-state index contributed by atoms with van der Waals surface area (Å²) in [5.41, 5.74) is 2.47. The maximum Gasteiger partial charge on any atom is 0.289 e. The highest BCUT2D eigenvalue weighted by molar-refractivity contribution is 7.09. The average molecular weight is 382 g/mol. The molecule has 1 aliphatic heterocycles. The van der Waals surface area contributed by atoms with Crippen LogP contribution in [0.15, 0.2) is 47.1 Å². The molecule has 1 amide bonds. The molecule has 27 heavy (non-hydrogen) atoms. The Balaban J connectivity index is 1.39. The molecule has 3 aromatic rings. The average Bonchev–Trinajstić information content (AvgIpc) is 3.31. The van der Waals surface area contributed by atoms with Crippen molar-refractivity contribution in [2.45, 2.75) is 19.8 Å². The van der Waals surface area contributed by atoms with E-state index in [9.17, 15) is 4.79 Å². The molecular formula is C20H22N4O2S. The topological polar surface area (TPSA) is 62.5 Å². The number of carbonyl (C=O) groups is 1. The lowest BCUT2D eigenvalue weighted by Crippen LogP contribution is -2.35. The first kappa shape index (κ1) is 17.7. The molecule has 1 aromatic carbocycles. The van der Waals surface area contributed by atoms with Crippen LogP contribution in [-0.2, 0) is 6.42 Å². The molecule has 6 nitrogen and oxygen atoms in total. The van der Waals surface area contributed by atoms with Crippen molar-refractivity contribution >= 4 is 22.6 Å². The van der Waals surface area contributed by atoms with E-state index < -0.39 is 0 Å². The number of nitrogens with zero attached hydrogens (tertiary/aromatic N) is 4. The zero-order valence-electron chi connectivity index (χ0n) is 15.3. The standard InChI is InChI=1S/C20H22N4O2S/c1-15-5-7-16(8-6-15)14-18-21-20(27-22-18)24-10-3-9-23(11-12-24)19(25)17-4-2-13-26-17/h2,4-8,13H,3,9-12,14H2,1H3.